The third-order valence-corrected chi connectivity index (χ3v) is 2.40. The molecule has 0 saturated heterocycles. The maximum absolute atomic E-state index is 10.5. The highest BCUT2D eigenvalue weighted by molar-refractivity contribution is 6.30. The summed E-state index contributed by atoms with van der Waals surface area (Å²) in [6.07, 6.45) is 0.423. The van der Waals surface area contributed by atoms with Gasteiger partial charge in [0.25, 0.3) is 0 Å². The summed E-state index contributed by atoms with van der Waals surface area (Å²) in [7, 11) is 0. The van der Waals surface area contributed by atoms with Gasteiger partial charge < -0.3 is 9.84 Å². The summed E-state index contributed by atoms with van der Waals surface area (Å²) in [5, 5.41) is 9.29. The van der Waals surface area contributed by atoms with Gasteiger partial charge in [0.05, 0.1) is 5.92 Å². The molecule has 74 valence electrons. The maximum Gasteiger partial charge on any atom is 0.310 e. The molecule has 0 spiro atoms. The Balaban J connectivity index is 1.94. The van der Waals surface area contributed by atoms with Crippen molar-refractivity contribution in [1.82, 2.24) is 0 Å². The minimum absolute atomic E-state index is 0.173. The van der Waals surface area contributed by atoms with Gasteiger partial charge in [0.15, 0.2) is 0 Å². The molecule has 2 rings (SSSR count). The van der Waals surface area contributed by atoms with Gasteiger partial charge in [-0.05, 0) is 24.3 Å². The van der Waals surface area contributed by atoms with Crippen molar-refractivity contribution < 1.29 is 14.6 Å². The van der Waals surface area contributed by atoms with Crippen molar-refractivity contribution in [2.45, 2.75) is 12.5 Å². The van der Waals surface area contributed by atoms with Gasteiger partial charge >= 0.3 is 5.97 Å². The van der Waals surface area contributed by atoms with Crippen molar-refractivity contribution in [2.75, 3.05) is 0 Å². The second kappa shape index (κ2) is 3.50. The maximum atomic E-state index is 10.5. The molecular formula is C10H9ClO3. The van der Waals surface area contributed by atoms with Gasteiger partial charge in [-0.15, -0.1) is 0 Å². The predicted octanol–water partition coefficient (Wildman–Crippen LogP) is 2.19. The van der Waals surface area contributed by atoms with E-state index < -0.39 is 5.97 Å². The van der Waals surface area contributed by atoms with E-state index in [2.05, 4.69) is 0 Å². The van der Waals surface area contributed by atoms with Gasteiger partial charge in [-0.2, -0.15) is 0 Å². The smallest absolute Gasteiger partial charge is 0.310 e. The van der Waals surface area contributed by atoms with Crippen molar-refractivity contribution in [3.63, 3.8) is 0 Å². The summed E-state index contributed by atoms with van der Waals surface area (Å²) in [6, 6.07) is 6.91. The molecule has 14 heavy (non-hydrogen) atoms. The number of hydrogen-bond donors (Lipinski definition) is 1. The van der Waals surface area contributed by atoms with Crippen LogP contribution in [0, 0.1) is 5.92 Å². The van der Waals surface area contributed by atoms with E-state index in [1.165, 1.54) is 0 Å². The molecule has 0 heterocycles. The summed E-state index contributed by atoms with van der Waals surface area (Å²) in [5.41, 5.74) is 0. The number of aliphatic carboxylic acids is 1. The van der Waals surface area contributed by atoms with Crippen LogP contribution in [0.2, 0.25) is 5.02 Å². The SMILES string of the molecule is O=C(O)C1CC1Oc1ccc(Cl)cc1. The Morgan fingerprint density at radius 3 is 2.57 bits per heavy atom. The molecule has 1 aliphatic rings. The van der Waals surface area contributed by atoms with Gasteiger partial charge in [0.1, 0.15) is 11.9 Å². The highest BCUT2D eigenvalue weighted by Gasteiger charge is 2.45. The van der Waals surface area contributed by atoms with E-state index in [0.717, 1.165) is 0 Å². The molecule has 2 atom stereocenters. The first-order valence-electron chi connectivity index (χ1n) is 4.32. The number of carboxylic acid groups (broad SMARTS) is 1. The summed E-state index contributed by atoms with van der Waals surface area (Å²) in [6.45, 7) is 0. The molecule has 1 aliphatic carbocycles. The number of ether oxygens (including phenoxy) is 1. The predicted molar refractivity (Wildman–Crippen MR) is 51.6 cm³/mol. The largest absolute Gasteiger partial charge is 0.490 e. The molecule has 0 aromatic heterocycles. The fourth-order valence-corrected chi connectivity index (χ4v) is 1.38. The van der Waals surface area contributed by atoms with Crippen LogP contribution in [0.4, 0.5) is 0 Å². The number of halogens is 1. The third kappa shape index (κ3) is 1.99. The Kier molecular flexibility index (Phi) is 2.33. The van der Waals surface area contributed by atoms with E-state index in [1.54, 1.807) is 24.3 Å². The van der Waals surface area contributed by atoms with Gasteiger partial charge in [-0.3, -0.25) is 4.79 Å². The number of carbonyl (C=O) groups is 1. The van der Waals surface area contributed by atoms with Crippen LogP contribution >= 0.6 is 11.6 Å². The Bertz CT molecular complexity index is 347. The van der Waals surface area contributed by atoms with Crippen LogP contribution in [-0.4, -0.2) is 17.2 Å². The van der Waals surface area contributed by atoms with E-state index in [4.69, 9.17) is 21.4 Å². The lowest BCUT2D eigenvalue weighted by Gasteiger charge is -2.03. The minimum atomic E-state index is -0.788. The normalized spacial score (nSPS) is 24.4. The monoisotopic (exact) mass is 212 g/mol. The standard InChI is InChI=1S/C10H9ClO3/c11-6-1-3-7(4-2-6)14-9-5-8(9)10(12)13/h1-4,8-9H,5H2,(H,12,13). The number of hydrogen-bond acceptors (Lipinski definition) is 2. The zero-order valence-corrected chi connectivity index (χ0v) is 8.07. The molecule has 1 aromatic carbocycles. The molecule has 0 amide bonds. The number of benzene rings is 1. The van der Waals surface area contributed by atoms with E-state index in [0.29, 0.717) is 17.2 Å². The molecule has 0 aliphatic heterocycles. The second-order valence-corrected chi connectivity index (χ2v) is 3.73. The molecule has 2 unspecified atom stereocenters. The highest BCUT2D eigenvalue weighted by Crippen LogP contribution is 2.35. The first kappa shape index (κ1) is 9.34. The molecule has 1 fully saturated rings. The van der Waals surface area contributed by atoms with Crippen molar-refractivity contribution in [3.05, 3.63) is 29.3 Å². The Morgan fingerprint density at radius 1 is 1.43 bits per heavy atom. The van der Waals surface area contributed by atoms with Crippen molar-refractivity contribution in [3.8, 4) is 5.75 Å². The zero-order chi connectivity index (χ0) is 10.1. The Morgan fingerprint density at radius 2 is 2.07 bits per heavy atom. The van der Waals surface area contributed by atoms with E-state index >= 15 is 0 Å². The minimum Gasteiger partial charge on any atom is -0.490 e. The Labute approximate surface area is 86.3 Å². The van der Waals surface area contributed by atoms with Gasteiger partial charge in [-0.1, -0.05) is 11.6 Å². The lowest BCUT2D eigenvalue weighted by molar-refractivity contribution is -0.139. The topological polar surface area (TPSA) is 46.5 Å². The van der Waals surface area contributed by atoms with Crippen molar-refractivity contribution in [2.24, 2.45) is 5.92 Å². The molecule has 1 saturated carbocycles. The molecule has 1 aromatic rings. The van der Waals surface area contributed by atoms with Crippen molar-refractivity contribution in [1.29, 1.82) is 0 Å². The fraction of sp³-hybridized carbons (Fsp3) is 0.300. The quantitative estimate of drug-likeness (QED) is 0.836. The molecule has 1 N–H and O–H groups in total. The van der Waals surface area contributed by atoms with Crippen molar-refractivity contribution >= 4 is 17.6 Å². The summed E-state index contributed by atoms with van der Waals surface area (Å²) in [4.78, 5) is 10.5. The third-order valence-electron chi connectivity index (χ3n) is 2.15. The average Bonchev–Trinajstić information content (AvgIpc) is 2.88. The lowest BCUT2D eigenvalue weighted by atomic mass is 10.3. The average molecular weight is 213 g/mol. The van der Waals surface area contributed by atoms with E-state index in [-0.39, 0.29) is 12.0 Å². The summed E-state index contributed by atoms with van der Waals surface area (Å²) in [5.74, 6) is -0.460. The molecule has 3 nitrogen and oxygen atoms in total. The molecule has 0 bridgehead atoms. The first-order valence-corrected chi connectivity index (χ1v) is 4.69. The van der Waals surface area contributed by atoms with Crippen LogP contribution in [-0.2, 0) is 4.79 Å². The van der Waals surface area contributed by atoms with E-state index in [9.17, 15) is 4.79 Å². The Hall–Kier alpha value is -1.22. The molecule has 0 radical (unpaired) electrons. The summed E-state index contributed by atoms with van der Waals surface area (Å²) < 4.78 is 5.41. The molecule has 4 heteroatoms. The van der Waals surface area contributed by atoms with Crippen LogP contribution in [0.3, 0.4) is 0 Å². The van der Waals surface area contributed by atoms with Crippen LogP contribution < -0.4 is 4.74 Å². The van der Waals surface area contributed by atoms with Gasteiger partial charge in [0, 0.05) is 11.4 Å². The van der Waals surface area contributed by atoms with Crippen LogP contribution in [0.5, 0.6) is 5.75 Å². The fourth-order valence-electron chi connectivity index (χ4n) is 1.25. The van der Waals surface area contributed by atoms with Gasteiger partial charge in [0.2, 0.25) is 0 Å². The van der Waals surface area contributed by atoms with Crippen LogP contribution in [0.1, 0.15) is 6.42 Å². The first-order chi connectivity index (χ1) is 6.66. The zero-order valence-electron chi connectivity index (χ0n) is 7.31. The van der Waals surface area contributed by atoms with E-state index in [1.807, 2.05) is 0 Å². The molecular weight excluding hydrogens is 204 g/mol. The number of carboxylic acids is 1. The second-order valence-electron chi connectivity index (χ2n) is 3.29. The van der Waals surface area contributed by atoms with Crippen LogP contribution in [0.25, 0.3) is 0 Å². The number of rotatable bonds is 3. The highest BCUT2D eigenvalue weighted by atomic mass is 35.5. The summed E-state index contributed by atoms with van der Waals surface area (Å²) >= 11 is 5.69. The lowest BCUT2D eigenvalue weighted by Crippen LogP contribution is -2.07. The van der Waals surface area contributed by atoms with Gasteiger partial charge in [-0.25, -0.2) is 0 Å². The van der Waals surface area contributed by atoms with Crippen LogP contribution in [0.15, 0.2) is 24.3 Å².